The fourth-order valence-corrected chi connectivity index (χ4v) is 3.34. The molecule has 4 N–H and O–H groups in total. The first-order chi connectivity index (χ1) is 17.8. The third-order valence-corrected chi connectivity index (χ3v) is 5.19. The number of hydrogen-bond donors (Lipinski definition) is 4. The number of hydrogen-bond acceptors (Lipinski definition) is 8. The molecule has 0 aliphatic heterocycles. The molecule has 0 saturated carbocycles. The minimum absolute atomic E-state index is 0.0363. The molecule has 0 unspecified atom stereocenters. The van der Waals surface area contributed by atoms with E-state index in [4.69, 9.17) is 0 Å². The zero-order chi connectivity index (χ0) is 26.6. The third kappa shape index (κ3) is 8.42. The van der Waals surface area contributed by atoms with Crippen molar-refractivity contribution in [2.75, 3.05) is 36.8 Å². The van der Waals surface area contributed by atoms with Gasteiger partial charge in [-0.1, -0.05) is 42.5 Å². The molecule has 37 heavy (non-hydrogen) atoms. The fourth-order valence-electron chi connectivity index (χ4n) is 3.34. The molecule has 0 fully saturated rings. The Hall–Kier alpha value is -4.80. The van der Waals surface area contributed by atoms with Gasteiger partial charge in [-0.15, -0.1) is 0 Å². The van der Waals surface area contributed by atoms with Crippen molar-refractivity contribution in [3.05, 3.63) is 81.9 Å². The van der Waals surface area contributed by atoms with Crippen LogP contribution in [0.25, 0.3) is 17.5 Å². The number of anilines is 2. The molecule has 1 heterocycles. The zero-order valence-electron chi connectivity index (χ0n) is 20.7. The smallest absolute Gasteiger partial charge is 0.270 e. The lowest BCUT2D eigenvalue weighted by Crippen LogP contribution is -2.28. The summed E-state index contributed by atoms with van der Waals surface area (Å²) in [6.07, 6.45) is 2.86. The topological polar surface area (TPSA) is 151 Å². The molecule has 3 aromatic rings. The number of non-ortho nitro benzene ring substituents is 1. The Morgan fingerprint density at radius 3 is 2.19 bits per heavy atom. The number of carbonyl (C=O) groups is 2. The van der Waals surface area contributed by atoms with E-state index in [1.165, 1.54) is 31.2 Å². The third-order valence-electron chi connectivity index (χ3n) is 5.19. The summed E-state index contributed by atoms with van der Waals surface area (Å²) in [6, 6.07) is 15.6. The normalized spacial score (nSPS) is 10.6. The number of nitrogens with zero attached hydrogens (tertiary/aromatic N) is 3. The second kappa shape index (κ2) is 13.3. The van der Waals surface area contributed by atoms with Crippen LogP contribution in [0.2, 0.25) is 0 Å². The van der Waals surface area contributed by atoms with Crippen LogP contribution in [0, 0.1) is 17.0 Å². The van der Waals surface area contributed by atoms with Gasteiger partial charge in [0, 0.05) is 62.4 Å². The lowest BCUT2D eigenvalue weighted by atomic mass is 10.2. The van der Waals surface area contributed by atoms with Crippen LogP contribution < -0.4 is 21.3 Å². The number of amides is 2. The number of nitrogens with one attached hydrogen (secondary N) is 4. The Balaban J connectivity index is 1.61. The Bertz CT molecular complexity index is 1280. The predicted molar refractivity (Wildman–Crippen MR) is 143 cm³/mol. The monoisotopic (exact) mass is 503 g/mol. The summed E-state index contributed by atoms with van der Waals surface area (Å²) in [5, 5.41) is 22.9. The van der Waals surface area contributed by atoms with E-state index in [0.717, 1.165) is 11.1 Å². The minimum Gasteiger partial charge on any atom is -0.368 e. The first-order valence-corrected chi connectivity index (χ1v) is 11.7. The molecule has 0 saturated heterocycles. The maximum absolute atomic E-state index is 12.2. The SMILES string of the molecule is CC(=O)NCCNc1nc(-c2ccccc2)nc(NCCNC(=O)C=Cc2cccc([N+](=O)[O-])c2)c1C. The van der Waals surface area contributed by atoms with Crippen LogP contribution in [0.15, 0.2) is 60.7 Å². The molecule has 0 aliphatic carbocycles. The number of nitro benzene ring substituents is 1. The van der Waals surface area contributed by atoms with Gasteiger partial charge in [0.1, 0.15) is 11.6 Å². The molecule has 0 atom stereocenters. The number of aromatic nitrogens is 2. The number of rotatable bonds is 12. The van der Waals surface area contributed by atoms with Gasteiger partial charge in [0.15, 0.2) is 5.82 Å². The van der Waals surface area contributed by atoms with Crippen molar-refractivity contribution in [1.82, 2.24) is 20.6 Å². The number of carbonyl (C=O) groups excluding carboxylic acids is 2. The van der Waals surface area contributed by atoms with Crippen molar-refractivity contribution in [3.63, 3.8) is 0 Å². The summed E-state index contributed by atoms with van der Waals surface area (Å²) in [5.74, 6) is 1.39. The molecule has 0 bridgehead atoms. The van der Waals surface area contributed by atoms with Crippen LogP contribution >= 0.6 is 0 Å². The van der Waals surface area contributed by atoms with Crippen molar-refractivity contribution >= 4 is 35.2 Å². The summed E-state index contributed by atoms with van der Waals surface area (Å²) >= 11 is 0. The van der Waals surface area contributed by atoms with Crippen molar-refractivity contribution in [1.29, 1.82) is 0 Å². The van der Waals surface area contributed by atoms with Crippen LogP contribution in [0.5, 0.6) is 0 Å². The summed E-state index contributed by atoms with van der Waals surface area (Å²) < 4.78 is 0. The van der Waals surface area contributed by atoms with Crippen molar-refractivity contribution in [3.8, 4) is 11.4 Å². The van der Waals surface area contributed by atoms with E-state index in [2.05, 4.69) is 31.2 Å². The van der Waals surface area contributed by atoms with Crippen molar-refractivity contribution in [2.45, 2.75) is 13.8 Å². The molecule has 2 aromatic carbocycles. The molecular weight excluding hydrogens is 474 g/mol. The lowest BCUT2D eigenvalue weighted by molar-refractivity contribution is -0.384. The number of benzene rings is 2. The van der Waals surface area contributed by atoms with E-state index >= 15 is 0 Å². The van der Waals surface area contributed by atoms with Gasteiger partial charge in [-0.2, -0.15) is 0 Å². The van der Waals surface area contributed by atoms with Crippen molar-refractivity contribution < 1.29 is 14.5 Å². The molecular formula is C26H29N7O4. The molecule has 2 amide bonds. The molecule has 3 rings (SSSR count). The highest BCUT2D eigenvalue weighted by Gasteiger charge is 2.12. The second-order valence-electron chi connectivity index (χ2n) is 8.05. The van der Waals surface area contributed by atoms with Gasteiger partial charge in [0.25, 0.3) is 5.69 Å². The van der Waals surface area contributed by atoms with E-state index < -0.39 is 4.92 Å². The van der Waals surface area contributed by atoms with Crippen LogP contribution in [-0.2, 0) is 9.59 Å². The molecule has 0 radical (unpaired) electrons. The molecule has 0 spiro atoms. The fraction of sp³-hybridized carbons (Fsp3) is 0.231. The Morgan fingerprint density at radius 1 is 0.919 bits per heavy atom. The van der Waals surface area contributed by atoms with Crippen molar-refractivity contribution in [2.24, 2.45) is 0 Å². The first-order valence-electron chi connectivity index (χ1n) is 11.7. The van der Waals surface area contributed by atoms with E-state index in [1.807, 2.05) is 37.3 Å². The molecule has 1 aromatic heterocycles. The van der Waals surface area contributed by atoms with Gasteiger partial charge in [0.05, 0.1) is 4.92 Å². The van der Waals surface area contributed by atoms with Gasteiger partial charge >= 0.3 is 0 Å². The average molecular weight is 504 g/mol. The van der Waals surface area contributed by atoms with Crippen LogP contribution in [0.4, 0.5) is 17.3 Å². The van der Waals surface area contributed by atoms with Crippen LogP contribution in [0.1, 0.15) is 18.1 Å². The average Bonchev–Trinajstić information content (AvgIpc) is 2.90. The minimum atomic E-state index is -0.481. The quantitative estimate of drug-likeness (QED) is 0.127. The summed E-state index contributed by atoms with van der Waals surface area (Å²) in [7, 11) is 0. The molecule has 11 nitrogen and oxygen atoms in total. The van der Waals surface area contributed by atoms with E-state index in [1.54, 1.807) is 12.1 Å². The first kappa shape index (κ1) is 26.8. The molecule has 11 heteroatoms. The van der Waals surface area contributed by atoms with Gasteiger partial charge in [-0.3, -0.25) is 19.7 Å². The summed E-state index contributed by atoms with van der Waals surface area (Å²) in [5.41, 5.74) is 2.19. The highest BCUT2D eigenvalue weighted by atomic mass is 16.6. The van der Waals surface area contributed by atoms with Gasteiger partial charge in [-0.25, -0.2) is 9.97 Å². The van der Waals surface area contributed by atoms with E-state index in [0.29, 0.717) is 49.2 Å². The maximum atomic E-state index is 12.2. The molecule has 192 valence electrons. The highest BCUT2D eigenvalue weighted by Crippen LogP contribution is 2.25. The number of nitro groups is 1. The van der Waals surface area contributed by atoms with Crippen LogP contribution in [-0.4, -0.2) is 52.9 Å². The van der Waals surface area contributed by atoms with Gasteiger partial charge in [0.2, 0.25) is 11.8 Å². The lowest BCUT2D eigenvalue weighted by Gasteiger charge is -2.15. The second-order valence-corrected chi connectivity index (χ2v) is 8.05. The summed E-state index contributed by atoms with van der Waals surface area (Å²) in [6.45, 7) is 5.05. The van der Waals surface area contributed by atoms with E-state index in [9.17, 15) is 19.7 Å². The van der Waals surface area contributed by atoms with E-state index in [-0.39, 0.29) is 17.5 Å². The predicted octanol–water partition coefficient (Wildman–Crippen LogP) is 3.15. The standard InChI is InChI=1S/C26H29N7O4/c1-18-24(29-15-13-27-19(2)34)31-26(21-8-4-3-5-9-21)32-25(18)30-16-14-28-23(35)12-11-20-7-6-10-22(17-20)33(36)37/h3-12,17H,13-16H2,1-2H3,(H,27,34)(H,28,35)(H2,29,30,31,32). The summed E-state index contributed by atoms with van der Waals surface area (Å²) in [4.78, 5) is 43.0. The molecule has 0 aliphatic rings. The van der Waals surface area contributed by atoms with Crippen LogP contribution in [0.3, 0.4) is 0 Å². The van der Waals surface area contributed by atoms with Gasteiger partial charge < -0.3 is 21.3 Å². The van der Waals surface area contributed by atoms with Gasteiger partial charge in [-0.05, 0) is 18.6 Å². The Morgan fingerprint density at radius 2 is 1.57 bits per heavy atom. The Kier molecular flexibility index (Phi) is 9.66. The largest absolute Gasteiger partial charge is 0.368 e. The maximum Gasteiger partial charge on any atom is 0.270 e. The zero-order valence-corrected chi connectivity index (χ0v) is 20.7. The highest BCUT2D eigenvalue weighted by molar-refractivity contribution is 5.91. The Labute approximate surface area is 214 Å².